The highest BCUT2D eigenvalue weighted by atomic mass is 32.1. The number of carbonyl (C=O) groups excluding carboxylic acids is 1. The second kappa shape index (κ2) is 5.13. The quantitative estimate of drug-likeness (QED) is 0.808. The Morgan fingerprint density at radius 3 is 2.21 bits per heavy atom. The van der Waals surface area contributed by atoms with Crippen LogP contribution in [0.25, 0.3) is 0 Å². The van der Waals surface area contributed by atoms with Crippen molar-refractivity contribution in [1.82, 2.24) is 4.57 Å². The van der Waals surface area contributed by atoms with Gasteiger partial charge in [0.05, 0.1) is 6.54 Å². The van der Waals surface area contributed by atoms with Crippen molar-refractivity contribution in [2.24, 2.45) is 0 Å². The summed E-state index contributed by atoms with van der Waals surface area (Å²) >= 11 is 1.13. The fourth-order valence-electron chi connectivity index (χ4n) is 2.44. The predicted molar refractivity (Wildman–Crippen MR) is 78.3 cm³/mol. The van der Waals surface area contributed by atoms with E-state index in [9.17, 15) is 9.59 Å². The Balaban J connectivity index is 2.39. The molecule has 0 aliphatic rings. The van der Waals surface area contributed by atoms with E-state index in [0.29, 0.717) is 0 Å². The lowest BCUT2D eigenvalue weighted by Gasteiger charge is -2.11. The molecule has 0 amide bonds. The number of nitrogens with zero attached hydrogens (tertiary/aromatic N) is 1. The maximum atomic E-state index is 12.4. The second-order valence-electron chi connectivity index (χ2n) is 4.93. The minimum atomic E-state index is -0.0757. The summed E-state index contributed by atoms with van der Waals surface area (Å²) in [7, 11) is 0. The molecule has 0 fully saturated rings. The molecule has 0 saturated carbocycles. The van der Waals surface area contributed by atoms with Crippen LogP contribution in [-0.4, -0.2) is 10.4 Å². The molecule has 3 nitrogen and oxygen atoms in total. The number of aryl methyl sites for hydroxylation is 4. The molecule has 0 bridgehead atoms. The van der Waals surface area contributed by atoms with Gasteiger partial charge in [-0.05, 0) is 38.8 Å². The van der Waals surface area contributed by atoms with Gasteiger partial charge in [0.1, 0.15) is 0 Å². The van der Waals surface area contributed by atoms with Gasteiger partial charge in [0.25, 0.3) is 0 Å². The molecule has 0 aliphatic carbocycles. The van der Waals surface area contributed by atoms with Gasteiger partial charge in [0, 0.05) is 16.6 Å². The van der Waals surface area contributed by atoms with Crippen LogP contribution in [0, 0.1) is 27.7 Å². The van der Waals surface area contributed by atoms with Crippen molar-refractivity contribution in [2.45, 2.75) is 34.2 Å². The summed E-state index contributed by atoms with van der Waals surface area (Å²) in [4.78, 5) is 24.0. The van der Waals surface area contributed by atoms with Gasteiger partial charge >= 0.3 is 4.87 Å². The van der Waals surface area contributed by atoms with E-state index in [1.807, 2.05) is 39.8 Å². The minimum Gasteiger partial charge on any atom is -0.296 e. The topological polar surface area (TPSA) is 39.1 Å². The Bertz CT molecular complexity index is 671. The monoisotopic (exact) mass is 275 g/mol. The molecule has 100 valence electrons. The molecule has 19 heavy (non-hydrogen) atoms. The van der Waals surface area contributed by atoms with E-state index in [4.69, 9.17) is 0 Å². The van der Waals surface area contributed by atoms with E-state index in [-0.39, 0.29) is 17.2 Å². The molecule has 0 spiro atoms. The van der Waals surface area contributed by atoms with E-state index in [2.05, 4.69) is 0 Å². The molecule has 0 N–H and O–H groups in total. The molecule has 1 aromatic heterocycles. The van der Waals surface area contributed by atoms with Crippen molar-refractivity contribution in [3.8, 4) is 0 Å². The SMILES string of the molecule is Cc1cc(C)c(C(=O)Cn2c(C)csc2=O)c(C)c1. The molecule has 2 rings (SSSR count). The highest BCUT2D eigenvalue weighted by Crippen LogP contribution is 2.17. The van der Waals surface area contributed by atoms with Gasteiger partial charge in [-0.1, -0.05) is 29.0 Å². The van der Waals surface area contributed by atoms with Crippen LogP contribution >= 0.6 is 11.3 Å². The van der Waals surface area contributed by atoms with Crippen molar-refractivity contribution in [2.75, 3.05) is 0 Å². The molecule has 1 aromatic carbocycles. The number of aromatic nitrogens is 1. The van der Waals surface area contributed by atoms with Crippen LogP contribution in [0.1, 0.15) is 32.7 Å². The van der Waals surface area contributed by atoms with Crippen LogP contribution < -0.4 is 4.87 Å². The standard InChI is InChI=1S/C15H17NO2S/c1-9-5-10(2)14(11(3)6-9)13(17)7-16-12(4)8-19-15(16)18/h5-6,8H,7H2,1-4H3. The van der Waals surface area contributed by atoms with Gasteiger partial charge in [0.2, 0.25) is 0 Å². The van der Waals surface area contributed by atoms with Gasteiger partial charge in [0.15, 0.2) is 5.78 Å². The summed E-state index contributed by atoms with van der Waals surface area (Å²) < 4.78 is 1.53. The number of hydrogen-bond donors (Lipinski definition) is 0. The van der Waals surface area contributed by atoms with E-state index in [0.717, 1.165) is 39.3 Å². The molecule has 1 heterocycles. The number of rotatable bonds is 3. The summed E-state index contributed by atoms with van der Waals surface area (Å²) in [6, 6.07) is 4.01. The summed E-state index contributed by atoms with van der Waals surface area (Å²) in [5.74, 6) is -0.00130. The van der Waals surface area contributed by atoms with Crippen molar-refractivity contribution in [3.05, 3.63) is 55.1 Å². The van der Waals surface area contributed by atoms with Crippen LogP contribution in [0.15, 0.2) is 22.3 Å². The van der Waals surface area contributed by atoms with Crippen LogP contribution in [-0.2, 0) is 6.54 Å². The Kier molecular flexibility index (Phi) is 3.71. The molecule has 0 saturated heterocycles. The number of ketones is 1. The largest absolute Gasteiger partial charge is 0.307 e. The first-order valence-electron chi connectivity index (χ1n) is 6.16. The average Bonchev–Trinajstić information content (AvgIpc) is 2.59. The van der Waals surface area contributed by atoms with E-state index >= 15 is 0 Å². The molecule has 0 unspecified atom stereocenters. The van der Waals surface area contributed by atoms with Crippen molar-refractivity contribution in [1.29, 1.82) is 0 Å². The third kappa shape index (κ3) is 2.68. The first-order valence-corrected chi connectivity index (χ1v) is 7.04. The van der Waals surface area contributed by atoms with E-state index in [1.165, 1.54) is 4.57 Å². The van der Waals surface area contributed by atoms with Crippen molar-refractivity contribution in [3.63, 3.8) is 0 Å². The highest BCUT2D eigenvalue weighted by Gasteiger charge is 2.15. The van der Waals surface area contributed by atoms with Gasteiger partial charge in [-0.15, -0.1) is 0 Å². The first-order chi connectivity index (χ1) is 8.90. The van der Waals surface area contributed by atoms with Gasteiger partial charge in [-0.3, -0.25) is 14.2 Å². The van der Waals surface area contributed by atoms with Crippen LogP contribution in [0.5, 0.6) is 0 Å². The summed E-state index contributed by atoms with van der Waals surface area (Å²) in [6.45, 7) is 7.87. The van der Waals surface area contributed by atoms with E-state index < -0.39 is 0 Å². The maximum Gasteiger partial charge on any atom is 0.307 e. The van der Waals surface area contributed by atoms with E-state index in [1.54, 1.807) is 5.38 Å². The molecule has 0 atom stereocenters. The Morgan fingerprint density at radius 2 is 1.74 bits per heavy atom. The zero-order chi connectivity index (χ0) is 14.2. The fraction of sp³-hybridized carbons (Fsp3) is 0.333. The number of Topliss-reactive ketones (excluding diaryl/α,β-unsaturated/α-hetero) is 1. The highest BCUT2D eigenvalue weighted by molar-refractivity contribution is 7.07. The minimum absolute atomic E-state index is 0.00130. The normalized spacial score (nSPS) is 10.7. The molecule has 4 heteroatoms. The van der Waals surface area contributed by atoms with Crippen LogP contribution in [0.4, 0.5) is 0 Å². The smallest absolute Gasteiger partial charge is 0.296 e. The van der Waals surface area contributed by atoms with Crippen molar-refractivity contribution < 1.29 is 4.79 Å². The fourth-order valence-corrected chi connectivity index (χ4v) is 3.17. The van der Waals surface area contributed by atoms with Gasteiger partial charge < -0.3 is 0 Å². The van der Waals surface area contributed by atoms with Crippen LogP contribution in [0.2, 0.25) is 0 Å². The molecule has 0 radical (unpaired) electrons. The molecule has 2 aromatic rings. The zero-order valence-corrected chi connectivity index (χ0v) is 12.4. The van der Waals surface area contributed by atoms with Gasteiger partial charge in [-0.25, -0.2) is 0 Å². The molecule has 0 aliphatic heterocycles. The summed E-state index contributed by atoms with van der Waals surface area (Å²) in [5, 5.41) is 1.78. The Labute approximate surface area is 116 Å². The number of thiazole rings is 1. The molecular weight excluding hydrogens is 258 g/mol. The number of benzene rings is 1. The number of hydrogen-bond acceptors (Lipinski definition) is 3. The second-order valence-corrected chi connectivity index (χ2v) is 5.75. The van der Waals surface area contributed by atoms with Gasteiger partial charge in [-0.2, -0.15) is 0 Å². The third-order valence-electron chi connectivity index (χ3n) is 3.23. The lowest BCUT2D eigenvalue weighted by molar-refractivity contribution is 0.0969. The lowest BCUT2D eigenvalue weighted by Crippen LogP contribution is -2.21. The summed E-state index contributed by atoms with van der Waals surface area (Å²) in [5.41, 5.74) is 4.68. The maximum absolute atomic E-state index is 12.4. The molecular formula is C15H17NO2S. The lowest BCUT2D eigenvalue weighted by atomic mass is 9.96. The predicted octanol–water partition coefficient (Wildman–Crippen LogP) is 3.03. The van der Waals surface area contributed by atoms with Crippen molar-refractivity contribution >= 4 is 17.1 Å². The number of carbonyl (C=O) groups is 1. The third-order valence-corrected chi connectivity index (χ3v) is 4.12. The summed E-state index contributed by atoms with van der Waals surface area (Å²) in [6.07, 6.45) is 0. The average molecular weight is 275 g/mol. The zero-order valence-electron chi connectivity index (χ0n) is 11.6. The first kappa shape index (κ1) is 13.7. The Hall–Kier alpha value is -1.68. The van der Waals surface area contributed by atoms with Crippen LogP contribution in [0.3, 0.4) is 0 Å². The Morgan fingerprint density at radius 1 is 1.16 bits per heavy atom.